The van der Waals surface area contributed by atoms with Gasteiger partial charge in [-0.1, -0.05) is 54.2 Å². The molecule has 0 bridgehead atoms. The second kappa shape index (κ2) is 9.57. The van der Waals surface area contributed by atoms with E-state index in [-0.39, 0.29) is 0 Å². The minimum atomic E-state index is 0.386. The van der Waals surface area contributed by atoms with Gasteiger partial charge in [-0.15, -0.1) is 0 Å². The fourth-order valence-corrected chi connectivity index (χ4v) is 1.64. The van der Waals surface area contributed by atoms with Gasteiger partial charge in [0.05, 0.1) is 11.4 Å². The van der Waals surface area contributed by atoms with Gasteiger partial charge in [0.25, 0.3) is 0 Å². The minimum absolute atomic E-state index is 0.386. The van der Waals surface area contributed by atoms with E-state index in [1.807, 2.05) is 6.21 Å². The van der Waals surface area contributed by atoms with Crippen molar-refractivity contribution in [3.8, 4) is 0 Å². The summed E-state index contributed by atoms with van der Waals surface area (Å²) in [6, 6.07) is 0. The molecule has 0 spiro atoms. The third kappa shape index (κ3) is 6.23. The van der Waals surface area contributed by atoms with Crippen LogP contribution in [-0.2, 0) is 0 Å². The molecular weight excluding hydrogens is 244 g/mol. The van der Waals surface area contributed by atoms with Gasteiger partial charge in [0.1, 0.15) is 0 Å². The third-order valence-corrected chi connectivity index (χ3v) is 3.66. The number of hydrogen-bond donors (Lipinski definition) is 1. The van der Waals surface area contributed by atoms with Gasteiger partial charge < -0.3 is 5.32 Å². The van der Waals surface area contributed by atoms with E-state index >= 15 is 0 Å². The highest BCUT2D eigenvalue weighted by Crippen LogP contribution is 2.23. The maximum atomic E-state index is 4.65. The molecule has 2 heteroatoms. The van der Waals surface area contributed by atoms with E-state index in [0.717, 1.165) is 36.4 Å². The maximum Gasteiger partial charge on any atom is 0.0846 e. The summed E-state index contributed by atoms with van der Waals surface area (Å²) in [5.41, 5.74) is 4.10. The Morgan fingerprint density at radius 1 is 1.20 bits per heavy atom. The molecule has 114 valence electrons. The van der Waals surface area contributed by atoms with Crippen molar-refractivity contribution < 1.29 is 0 Å². The minimum Gasteiger partial charge on any atom is -0.358 e. The Hall–Kier alpha value is -1.31. The Kier molecular flexibility index (Phi) is 8.94. The predicted molar refractivity (Wildman–Crippen MR) is 91.8 cm³/mol. The summed E-state index contributed by atoms with van der Waals surface area (Å²) in [7, 11) is 0. The molecule has 20 heavy (non-hydrogen) atoms. The largest absolute Gasteiger partial charge is 0.358 e. The van der Waals surface area contributed by atoms with Crippen LogP contribution in [0.15, 0.2) is 40.8 Å². The van der Waals surface area contributed by atoms with Crippen LogP contribution in [0.2, 0.25) is 0 Å². The van der Waals surface area contributed by atoms with Crippen molar-refractivity contribution in [3.05, 3.63) is 35.8 Å². The lowest BCUT2D eigenvalue weighted by Crippen LogP contribution is -2.17. The molecule has 0 heterocycles. The van der Waals surface area contributed by atoms with Gasteiger partial charge in [0.2, 0.25) is 0 Å². The normalized spacial score (nSPS) is 14.3. The van der Waals surface area contributed by atoms with E-state index in [0.29, 0.717) is 11.8 Å². The smallest absolute Gasteiger partial charge is 0.0846 e. The van der Waals surface area contributed by atoms with Gasteiger partial charge >= 0.3 is 0 Å². The molecule has 0 fully saturated rings. The van der Waals surface area contributed by atoms with Crippen LogP contribution >= 0.6 is 0 Å². The van der Waals surface area contributed by atoms with Gasteiger partial charge in [-0.25, -0.2) is 0 Å². The quantitative estimate of drug-likeness (QED) is 0.439. The lowest BCUT2D eigenvalue weighted by molar-refractivity contribution is 0.643. The number of unbranched alkanes of at least 4 members (excludes halogenated alkanes) is 1. The summed E-state index contributed by atoms with van der Waals surface area (Å²) in [4.78, 5) is 4.65. The van der Waals surface area contributed by atoms with Crippen LogP contribution in [-0.4, -0.2) is 6.21 Å². The van der Waals surface area contributed by atoms with Crippen molar-refractivity contribution in [3.63, 3.8) is 0 Å². The Bertz CT molecular complexity index is 386. The highest BCUT2D eigenvalue weighted by molar-refractivity contribution is 5.60. The Morgan fingerprint density at radius 3 is 2.25 bits per heavy atom. The number of nitrogens with one attached hydrogen (secondary N) is 1. The molecule has 0 amide bonds. The van der Waals surface area contributed by atoms with Gasteiger partial charge in [-0.3, -0.25) is 4.99 Å². The lowest BCUT2D eigenvalue weighted by Gasteiger charge is -2.19. The molecule has 0 aliphatic heterocycles. The second-order valence-electron chi connectivity index (χ2n) is 5.72. The van der Waals surface area contributed by atoms with Crippen LogP contribution in [0.3, 0.4) is 0 Å². The number of hydrogen-bond acceptors (Lipinski definition) is 2. The molecule has 0 unspecified atom stereocenters. The van der Waals surface area contributed by atoms with Crippen molar-refractivity contribution in [2.75, 3.05) is 0 Å². The number of nitrogens with zero attached hydrogens (tertiary/aromatic N) is 1. The van der Waals surface area contributed by atoms with E-state index in [9.17, 15) is 0 Å². The molecule has 0 rings (SSSR count). The Morgan fingerprint density at radius 2 is 1.80 bits per heavy atom. The summed E-state index contributed by atoms with van der Waals surface area (Å²) in [6.07, 6.45) is 5.21. The Balaban J connectivity index is 5.22. The number of rotatable bonds is 9. The molecule has 1 N–H and O–H groups in total. The average Bonchev–Trinajstić information content (AvgIpc) is 2.41. The fourth-order valence-electron chi connectivity index (χ4n) is 1.64. The lowest BCUT2D eigenvalue weighted by atomic mass is 9.97. The van der Waals surface area contributed by atoms with Crippen molar-refractivity contribution in [1.29, 1.82) is 0 Å². The number of allylic oxidation sites excluding steroid dienone is 2. The van der Waals surface area contributed by atoms with Crippen LogP contribution in [0.25, 0.3) is 0 Å². The van der Waals surface area contributed by atoms with Crippen molar-refractivity contribution >= 4 is 6.21 Å². The standard InChI is InChI=1S/C18H32N2/c1-9-11-12-19-18(15(6)14(5)10-2)17(8)20-16(7)13(3)4/h12-14,20H,7-11H2,1-6H3/b18-15+,19-12?/t14-/m1/s1. The zero-order valence-corrected chi connectivity index (χ0v) is 14.2. The highest BCUT2D eigenvalue weighted by Gasteiger charge is 2.12. The van der Waals surface area contributed by atoms with Gasteiger partial charge in [0, 0.05) is 11.9 Å². The predicted octanol–water partition coefficient (Wildman–Crippen LogP) is 5.45. The van der Waals surface area contributed by atoms with Gasteiger partial charge in [0.15, 0.2) is 0 Å². The number of aliphatic imine (C=N–C) groups is 1. The molecule has 0 saturated carbocycles. The Labute approximate surface area is 125 Å². The van der Waals surface area contributed by atoms with Gasteiger partial charge in [-0.05, 0) is 37.2 Å². The SMILES string of the molecule is C=C(NC(=C)C(C)C)/C(N=CCCC)=C(/C)[C@H](C)CC. The van der Waals surface area contributed by atoms with Crippen LogP contribution in [0.5, 0.6) is 0 Å². The fraction of sp³-hybridized carbons (Fsp3) is 0.611. The van der Waals surface area contributed by atoms with Crippen LogP contribution in [0.1, 0.15) is 60.8 Å². The molecule has 0 aliphatic carbocycles. The summed E-state index contributed by atoms with van der Waals surface area (Å²) >= 11 is 0. The first-order chi connectivity index (χ1) is 9.34. The monoisotopic (exact) mass is 276 g/mol. The molecule has 1 atom stereocenters. The third-order valence-electron chi connectivity index (χ3n) is 3.66. The molecule has 2 nitrogen and oxygen atoms in total. The molecular formula is C18H32N2. The van der Waals surface area contributed by atoms with Gasteiger partial charge in [-0.2, -0.15) is 0 Å². The summed E-state index contributed by atoms with van der Waals surface area (Å²) in [5.74, 6) is 0.895. The van der Waals surface area contributed by atoms with E-state index in [2.05, 4.69) is 65.0 Å². The first kappa shape index (κ1) is 18.7. The topological polar surface area (TPSA) is 24.4 Å². The van der Waals surface area contributed by atoms with Crippen LogP contribution in [0, 0.1) is 11.8 Å². The zero-order chi connectivity index (χ0) is 15.7. The van der Waals surface area contributed by atoms with E-state index in [1.165, 1.54) is 5.57 Å². The van der Waals surface area contributed by atoms with E-state index in [4.69, 9.17) is 0 Å². The molecule has 0 aliphatic rings. The molecule has 0 aromatic rings. The summed E-state index contributed by atoms with van der Waals surface area (Å²) in [5, 5.41) is 3.31. The van der Waals surface area contributed by atoms with Crippen molar-refractivity contribution in [1.82, 2.24) is 5.32 Å². The van der Waals surface area contributed by atoms with E-state index in [1.54, 1.807) is 0 Å². The van der Waals surface area contributed by atoms with Crippen LogP contribution < -0.4 is 5.32 Å². The zero-order valence-electron chi connectivity index (χ0n) is 14.2. The van der Waals surface area contributed by atoms with Crippen molar-refractivity contribution in [2.45, 2.75) is 60.8 Å². The average molecular weight is 276 g/mol. The van der Waals surface area contributed by atoms with E-state index < -0.39 is 0 Å². The summed E-state index contributed by atoms with van der Waals surface area (Å²) in [6.45, 7) is 21.2. The molecule has 0 radical (unpaired) electrons. The van der Waals surface area contributed by atoms with Crippen molar-refractivity contribution in [2.24, 2.45) is 16.8 Å². The second-order valence-corrected chi connectivity index (χ2v) is 5.72. The maximum absolute atomic E-state index is 4.65. The first-order valence-electron chi connectivity index (χ1n) is 7.73. The molecule has 0 aromatic carbocycles. The molecule has 0 saturated heterocycles. The summed E-state index contributed by atoms with van der Waals surface area (Å²) < 4.78 is 0. The highest BCUT2D eigenvalue weighted by atomic mass is 14.9. The first-order valence-corrected chi connectivity index (χ1v) is 7.73. The van der Waals surface area contributed by atoms with Crippen LogP contribution in [0.4, 0.5) is 0 Å². The molecule has 0 aromatic heterocycles.